The van der Waals surface area contributed by atoms with E-state index < -0.39 is 0 Å². The minimum atomic E-state index is -0.0536. The first kappa shape index (κ1) is 19.6. The SMILES string of the molecule is C[C@@H](C(=O)Nc1ccc(Cl)cc1)[NH+]1CC[NH+](C/C=C/c2ccccc2)CC1. The van der Waals surface area contributed by atoms with E-state index in [1.807, 2.05) is 25.1 Å². The third kappa shape index (κ3) is 5.93. The minimum absolute atomic E-state index is 0.0536. The van der Waals surface area contributed by atoms with Crippen molar-refractivity contribution in [2.24, 2.45) is 0 Å². The second-order valence-corrected chi connectivity index (χ2v) is 7.58. The molecular weight excluding hydrogens is 358 g/mol. The average Bonchev–Trinajstić information content (AvgIpc) is 2.70. The summed E-state index contributed by atoms with van der Waals surface area (Å²) in [5.41, 5.74) is 2.04. The van der Waals surface area contributed by atoms with E-state index in [1.165, 1.54) is 10.5 Å². The predicted octanol–water partition coefficient (Wildman–Crippen LogP) is 1.16. The van der Waals surface area contributed by atoms with Crippen molar-refractivity contribution in [2.45, 2.75) is 13.0 Å². The molecule has 0 aromatic heterocycles. The molecule has 0 spiro atoms. The van der Waals surface area contributed by atoms with Crippen molar-refractivity contribution in [1.29, 1.82) is 0 Å². The van der Waals surface area contributed by atoms with Crippen molar-refractivity contribution in [3.8, 4) is 0 Å². The molecule has 1 atom stereocenters. The second kappa shape index (κ2) is 9.70. The van der Waals surface area contributed by atoms with Crippen LogP contribution in [0, 0.1) is 0 Å². The Bertz CT molecular complexity index is 753. The van der Waals surface area contributed by atoms with Gasteiger partial charge in [0.05, 0.1) is 6.54 Å². The Morgan fingerprint density at radius 3 is 2.41 bits per heavy atom. The molecule has 1 aliphatic rings. The van der Waals surface area contributed by atoms with E-state index in [2.05, 4.69) is 41.7 Å². The number of hydrogen-bond acceptors (Lipinski definition) is 1. The molecule has 0 unspecified atom stereocenters. The summed E-state index contributed by atoms with van der Waals surface area (Å²) in [6.45, 7) is 7.27. The Balaban J connectivity index is 1.43. The van der Waals surface area contributed by atoms with Gasteiger partial charge in [-0.25, -0.2) is 0 Å². The lowest BCUT2D eigenvalue weighted by Gasteiger charge is -2.32. The highest BCUT2D eigenvalue weighted by Gasteiger charge is 2.30. The normalized spacial score (nSPS) is 21.1. The van der Waals surface area contributed by atoms with Gasteiger partial charge in [0.2, 0.25) is 0 Å². The van der Waals surface area contributed by atoms with E-state index in [4.69, 9.17) is 11.6 Å². The molecule has 0 bridgehead atoms. The highest BCUT2D eigenvalue weighted by atomic mass is 35.5. The number of halogens is 1. The zero-order valence-corrected chi connectivity index (χ0v) is 16.5. The molecule has 0 saturated carbocycles. The summed E-state index contributed by atoms with van der Waals surface area (Å²) in [5, 5.41) is 3.67. The topological polar surface area (TPSA) is 38.0 Å². The molecule has 1 saturated heterocycles. The Labute approximate surface area is 166 Å². The number of rotatable bonds is 6. The van der Waals surface area contributed by atoms with Gasteiger partial charge in [0.15, 0.2) is 6.04 Å². The molecule has 1 fully saturated rings. The fourth-order valence-electron chi connectivity index (χ4n) is 3.46. The number of hydrogen-bond donors (Lipinski definition) is 3. The Morgan fingerprint density at radius 2 is 1.74 bits per heavy atom. The molecule has 1 heterocycles. The summed E-state index contributed by atoms with van der Waals surface area (Å²) in [7, 11) is 0. The first-order chi connectivity index (χ1) is 13.1. The zero-order chi connectivity index (χ0) is 19.1. The van der Waals surface area contributed by atoms with Crippen molar-refractivity contribution in [2.75, 3.05) is 38.0 Å². The monoisotopic (exact) mass is 385 g/mol. The van der Waals surface area contributed by atoms with Gasteiger partial charge in [-0.05, 0) is 42.8 Å². The zero-order valence-electron chi connectivity index (χ0n) is 15.7. The van der Waals surface area contributed by atoms with Crippen molar-refractivity contribution in [3.05, 3.63) is 71.3 Å². The summed E-state index contributed by atoms with van der Waals surface area (Å²) >= 11 is 5.89. The molecule has 3 N–H and O–H groups in total. The van der Waals surface area contributed by atoms with Crippen LogP contribution < -0.4 is 15.1 Å². The van der Waals surface area contributed by atoms with Crippen LogP contribution in [0.25, 0.3) is 6.08 Å². The van der Waals surface area contributed by atoms with Crippen LogP contribution in [0.5, 0.6) is 0 Å². The fraction of sp³-hybridized carbons (Fsp3) is 0.318. The lowest BCUT2D eigenvalue weighted by molar-refractivity contribution is -1.02. The van der Waals surface area contributed by atoms with Gasteiger partial charge in [-0.2, -0.15) is 0 Å². The predicted molar refractivity (Wildman–Crippen MR) is 111 cm³/mol. The van der Waals surface area contributed by atoms with Crippen LogP contribution in [0.1, 0.15) is 12.5 Å². The van der Waals surface area contributed by atoms with Gasteiger partial charge in [0.1, 0.15) is 26.2 Å². The maximum absolute atomic E-state index is 12.5. The summed E-state index contributed by atoms with van der Waals surface area (Å²) in [6.07, 6.45) is 4.45. The third-order valence-electron chi connectivity index (χ3n) is 5.23. The standard InChI is InChI=1S/C22H26ClN3O/c1-18(22(27)24-21-11-9-20(23)10-12-21)26-16-14-25(15-17-26)13-5-8-19-6-3-2-4-7-19/h2-12,18H,13-17H2,1H3,(H,24,27)/p+2/b8-5+/t18-/m0/s1. The highest BCUT2D eigenvalue weighted by molar-refractivity contribution is 6.30. The van der Waals surface area contributed by atoms with E-state index in [1.54, 1.807) is 17.0 Å². The second-order valence-electron chi connectivity index (χ2n) is 7.14. The molecule has 2 aromatic carbocycles. The van der Waals surface area contributed by atoms with Gasteiger partial charge in [0.25, 0.3) is 5.91 Å². The number of carbonyl (C=O) groups excluding carboxylic acids is 1. The van der Waals surface area contributed by atoms with Gasteiger partial charge in [-0.1, -0.05) is 48.0 Å². The van der Waals surface area contributed by atoms with Crippen molar-refractivity contribution in [3.63, 3.8) is 0 Å². The summed E-state index contributed by atoms with van der Waals surface area (Å²) < 4.78 is 0. The van der Waals surface area contributed by atoms with Gasteiger partial charge in [-0.3, -0.25) is 4.79 Å². The van der Waals surface area contributed by atoms with Crippen LogP contribution in [0.2, 0.25) is 5.02 Å². The van der Waals surface area contributed by atoms with Crippen molar-refractivity contribution in [1.82, 2.24) is 0 Å². The highest BCUT2D eigenvalue weighted by Crippen LogP contribution is 2.13. The van der Waals surface area contributed by atoms with E-state index in [0.717, 1.165) is 38.4 Å². The number of piperazine rings is 1. The molecule has 0 radical (unpaired) electrons. The Morgan fingerprint density at radius 1 is 1.07 bits per heavy atom. The number of anilines is 1. The first-order valence-electron chi connectivity index (χ1n) is 9.58. The molecule has 5 heteroatoms. The number of amides is 1. The molecular formula is C22H28ClN3O+2. The smallest absolute Gasteiger partial charge is 0.282 e. The van der Waals surface area contributed by atoms with Gasteiger partial charge < -0.3 is 15.1 Å². The number of quaternary nitrogens is 2. The Hall–Kier alpha value is -2.14. The van der Waals surface area contributed by atoms with Crippen LogP contribution in [-0.2, 0) is 4.79 Å². The number of carbonyl (C=O) groups is 1. The lowest BCUT2D eigenvalue weighted by Crippen LogP contribution is -3.29. The van der Waals surface area contributed by atoms with Crippen molar-refractivity contribution < 1.29 is 14.6 Å². The van der Waals surface area contributed by atoms with E-state index in [-0.39, 0.29) is 11.9 Å². The maximum atomic E-state index is 12.5. The molecule has 27 heavy (non-hydrogen) atoms. The van der Waals surface area contributed by atoms with Gasteiger partial charge in [-0.15, -0.1) is 0 Å². The molecule has 1 aliphatic heterocycles. The number of nitrogens with one attached hydrogen (secondary N) is 3. The maximum Gasteiger partial charge on any atom is 0.282 e. The van der Waals surface area contributed by atoms with E-state index in [9.17, 15) is 4.79 Å². The average molecular weight is 386 g/mol. The summed E-state index contributed by atoms with van der Waals surface area (Å²) in [4.78, 5) is 15.5. The van der Waals surface area contributed by atoms with E-state index in [0.29, 0.717) is 5.02 Å². The Kier molecular flexibility index (Phi) is 7.04. The molecule has 2 aromatic rings. The third-order valence-corrected chi connectivity index (χ3v) is 5.49. The van der Waals surface area contributed by atoms with Crippen LogP contribution in [0.3, 0.4) is 0 Å². The fourth-order valence-corrected chi connectivity index (χ4v) is 3.58. The van der Waals surface area contributed by atoms with Crippen LogP contribution in [0.15, 0.2) is 60.7 Å². The first-order valence-corrected chi connectivity index (χ1v) is 9.96. The number of benzene rings is 2. The largest absolute Gasteiger partial charge is 0.322 e. The van der Waals surface area contributed by atoms with Crippen molar-refractivity contribution >= 4 is 29.3 Å². The lowest BCUT2D eigenvalue weighted by atomic mass is 10.2. The van der Waals surface area contributed by atoms with Gasteiger partial charge >= 0.3 is 0 Å². The van der Waals surface area contributed by atoms with Crippen LogP contribution in [0.4, 0.5) is 5.69 Å². The van der Waals surface area contributed by atoms with Gasteiger partial charge in [0, 0.05) is 10.7 Å². The van der Waals surface area contributed by atoms with Crippen LogP contribution in [-0.4, -0.2) is 44.7 Å². The summed E-state index contributed by atoms with van der Waals surface area (Å²) in [5.74, 6) is 0.0692. The quantitative estimate of drug-likeness (QED) is 0.686. The molecule has 3 rings (SSSR count). The van der Waals surface area contributed by atoms with E-state index >= 15 is 0 Å². The van der Waals surface area contributed by atoms with Crippen LogP contribution >= 0.6 is 11.6 Å². The minimum Gasteiger partial charge on any atom is -0.322 e. The molecule has 4 nitrogen and oxygen atoms in total. The molecule has 142 valence electrons. The summed E-state index contributed by atoms with van der Waals surface area (Å²) in [6, 6.07) is 17.6. The molecule has 1 amide bonds. The molecule has 0 aliphatic carbocycles.